The van der Waals surface area contributed by atoms with Crippen LogP contribution in [0.1, 0.15) is 98.3 Å². The van der Waals surface area contributed by atoms with Crippen molar-refractivity contribution in [3.63, 3.8) is 0 Å². The first kappa shape index (κ1) is 38.9. The van der Waals surface area contributed by atoms with E-state index in [0.717, 1.165) is 38.5 Å². The number of esters is 1. The Morgan fingerprint density at radius 2 is 1.59 bits per heavy atom. The van der Waals surface area contributed by atoms with Gasteiger partial charge in [-0.25, -0.2) is 0 Å². The molecule has 262 valence electrons. The van der Waals surface area contributed by atoms with Crippen LogP contribution in [0.3, 0.4) is 0 Å². The monoisotopic (exact) mass is 652 g/mol. The lowest BCUT2D eigenvalue weighted by atomic mass is 9.83. The maximum absolute atomic E-state index is 13.8. The number of aliphatic hydroxyl groups excluding tert-OH is 1. The van der Waals surface area contributed by atoms with Gasteiger partial charge in [0.05, 0.1) is 12.0 Å². The Morgan fingerprint density at radius 3 is 2.17 bits per heavy atom. The molecule has 7 atom stereocenters. The summed E-state index contributed by atoms with van der Waals surface area (Å²) in [7, 11) is 1.52. The van der Waals surface area contributed by atoms with Crippen molar-refractivity contribution in [3.8, 4) is 0 Å². The molecule has 7 N–H and O–H groups in total. The van der Waals surface area contributed by atoms with Gasteiger partial charge < -0.3 is 41.7 Å². The van der Waals surface area contributed by atoms with Gasteiger partial charge in [0.15, 0.2) is 0 Å². The average Bonchev–Trinajstić information content (AvgIpc) is 3.04. The van der Waals surface area contributed by atoms with Crippen LogP contribution in [0.5, 0.6) is 0 Å². The van der Waals surface area contributed by atoms with Gasteiger partial charge in [-0.2, -0.15) is 0 Å². The molecule has 0 radical (unpaired) electrons. The number of nitrogens with zero attached hydrogens (tertiary/aromatic N) is 1. The van der Waals surface area contributed by atoms with E-state index in [1.165, 1.54) is 18.9 Å². The first-order valence-corrected chi connectivity index (χ1v) is 16.9. The van der Waals surface area contributed by atoms with E-state index in [-0.39, 0.29) is 18.9 Å². The normalized spacial score (nSPS) is 29.3. The third-order valence-electron chi connectivity index (χ3n) is 9.12. The van der Waals surface area contributed by atoms with Crippen LogP contribution < -0.4 is 27.0 Å². The zero-order chi connectivity index (χ0) is 34.4. The van der Waals surface area contributed by atoms with Gasteiger partial charge >= 0.3 is 5.97 Å². The molecule has 46 heavy (non-hydrogen) atoms. The summed E-state index contributed by atoms with van der Waals surface area (Å²) >= 11 is 0. The van der Waals surface area contributed by atoms with E-state index in [2.05, 4.69) is 28.2 Å². The number of unbranched alkanes of at least 4 members (excludes halogenated alkanes) is 3. The van der Waals surface area contributed by atoms with Gasteiger partial charge in [-0.15, -0.1) is 0 Å². The molecule has 1 unspecified atom stereocenters. The van der Waals surface area contributed by atoms with Gasteiger partial charge in [-0.1, -0.05) is 59.3 Å². The van der Waals surface area contributed by atoms with E-state index >= 15 is 0 Å². The van der Waals surface area contributed by atoms with Gasteiger partial charge in [0.25, 0.3) is 0 Å². The van der Waals surface area contributed by atoms with Gasteiger partial charge in [-0.05, 0) is 44.9 Å². The van der Waals surface area contributed by atoms with Gasteiger partial charge in [-0.3, -0.25) is 28.8 Å². The van der Waals surface area contributed by atoms with Crippen LogP contribution >= 0.6 is 0 Å². The first-order chi connectivity index (χ1) is 21.9. The van der Waals surface area contributed by atoms with E-state index in [4.69, 9.17) is 10.5 Å². The van der Waals surface area contributed by atoms with Crippen LogP contribution in [0.2, 0.25) is 0 Å². The van der Waals surface area contributed by atoms with Crippen molar-refractivity contribution in [2.24, 2.45) is 17.6 Å². The molecule has 1 saturated heterocycles. The fourth-order valence-corrected chi connectivity index (χ4v) is 6.20. The highest BCUT2D eigenvalue weighted by atomic mass is 16.5. The lowest BCUT2D eigenvalue weighted by molar-refractivity contribution is -0.157. The van der Waals surface area contributed by atoms with Crippen LogP contribution in [0.4, 0.5) is 0 Å². The maximum atomic E-state index is 13.8. The summed E-state index contributed by atoms with van der Waals surface area (Å²) in [5.74, 6) is -4.98. The molecule has 1 aliphatic carbocycles. The molecule has 5 amide bonds. The number of aliphatic hydroxyl groups is 1. The molecule has 14 nitrogen and oxygen atoms in total. The number of hydrogen-bond acceptors (Lipinski definition) is 9. The maximum Gasteiger partial charge on any atom is 0.325 e. The molecule has 2 aliphatic rings. The molecule has 1 aliphatic heterocycles. The lowest BCUT2D eigenvalue weighted by Gasteiger charge is -2.35. The molecule has 0 spiro atoms. The second-order valence-electron chi connectivity index (χ2n) is 12.7. The highest BCUT2D eigenvalue weighted by molar-refractivity contribution is 5.96. The minimum atomic E-state index is -1.47. The van der Waals surface area contributed by atoms with E-state index in [1.807, 2.05) is 0 Å². The third kappa shape index (κ3) is 11.2. The first-order valence-electron chi connectivity index (χ1n) is 16.9. The Hall–Kier alpha value is -3.26. The number of cyclic esters (lactones) is 1. The quantitative estimate of drug-likeness (QED) is 0.149. The van der Waals surface area contributed by atoms with Crippen LogP contribution in [0, 0.1) is 11.8 Å². The summed E-state index contributed by atoms with van der Waals surface area (Å²) in [6.45, 7) is 5.88. The molecule has 1 heterocycles. The molecule has 0 aromatic rings. The fraction of sp³-hybridized carbons (Fsp3) is 0.812. The third-order valence-corrected chi connectivity index (χ3v) is 9.12. The van der Waals surface area contributed by atoms with Crippen molar-refractivity contribution in [2.75, 3.05) is 20.1 Å². The number of amides is 5. The van der Waals surface area contributed by atoms with E-state index in [1.54, 1.807) is 13.8 Å². The van der Waals surface area contributed by atoms with Crippen molar-refractivity contribution in [2.45, 2.75) is 135 Å². The second kappa shape index (κ2) is 19.4. The topological polar surface area (TPSA) is 209 Å². The van der Waals surface area contributed by atoms with Gasteiger partial charge in [0.1, 0.15) is 36.8 Å². The number of likely N-dealkylation sites (N-methyl/N-ethyl adjacent to an activating group) is 1. The molecule has 2 fully saturated rings. The summed E-state index contributed by atoms with van der Waals surface area (Å²) in [5, 5.41) is 20.6. The number of carbonyl (C=O) groups excluding carboxylic acids is 6. The molecule has 0 bridgehead atoms. The van der Waals surface area contributed by atoms with Crippen molar-refractivity contribution >= 4 is 35.5 Å². The number of carbonyl (C=O) groups is 6. The minimum Gasteiger partial charge on any atom is -0.460 e. The van der Waals surface area contributed by atoms with Gasteiger partial charge in [0, 0.05) is 13.6 Å². The smallest absolute Gasteiger partial charge is 0.325 e. The summed E-state index contributed by atoms with van der Waals surface area (Å²) < 4.78 is 5.71. The SMILES string of the molecule is CCCCCC[C@H]1OC(=O)CNC(=O)[C@H](C(C)O)NC(=O)[C@H](CN)NC(=O)[C@H](C2CCCCC2)NC(=O)[C@H](CC)N(C)C(=O)[C@@H]1C. The van der Waals surface area contributed by atoms with E-state index in [0.29, 0.717) is 25.7 Å². The summed E-state index contributed by atoms with van der Waals surface area (Å²) in [6.07, 6.45) is 6.18. The minimum absolute atomic E-state index is 0.200. The molecule has 1 saturated carbocycles. The molecular weight excluding hydrogens is 596 g/mol. The van der Waals surface area contributed by atoms with Crippen molar-refractivity contribution in [1.29, 1.82) is 0 Å². The zero-order valence-electron chi connectivity index (χ0n) is 28.1. The number of nitrogens with one attached hydrogen (secondary N) is 4. The number of nitrogens with two attached hydrogens (primary N) is 1. The predicted molar refractivity (Wildman–Crippen MR) is 171 cm³/mol. The van der Waals surface area contributed by atoms with Crippen LogP contribution in [-0.2, 0) is 33.5 Å². The molecule has 0 aromatic carbocycles. The Morgan fingerprint density at radius 1 is 0.913 bits per heavy atom. The van der Waals surface area contributed by atoms with E-state index < -0.39 is 84.3 Å². The van der Waals surface area contributed by atoms with E-state index in [9.17, 15) is 33.9 Å². The lowest BCUT2D eigenvalue weighted by Crippen LogP contribution is -2.62. The zero-order valence-corrected chi connectivity index (χ0v) is 28.1. The second-order valence-corrected chi connectivity index (χ2v) is 12.7. The summed E-state index contributed by atoms with van der Waals surface area (Å²) in [6, 6.07) is -4.65. The Labute approximate surface area is 272 Å². The standard InChI is InChI=1S/C32H56N6O8/c1-6-8-9-13-16-24-19(3)32(45)38(5)23(7-2)29(42)37-27(21-14-11-10-12-15-21)31(44)35-22(17-33)28(41)36-26(20(4)39)30(43)34-18-25(40)46-24/h19-24,26-27,39H,6-18,33H2,1-5H3,(H,34,43)(H,35,44)(H,36,41)(H,37,42)/t19-,20?,22+,23+,24-,26+,27+/m1/s1. The Balaban J connectivity index is 2.49. The highest BCUT2D eigenvalue weighted by Gasteiger charge is 2.39. The number of hydrogen-bond donors (Lipinski definition) is 6. The summed E-state index contributed by atoms with van der Waals surface area (Å²) in [5.41, 5.74) is 5.84. The number of rotatable bonds is 9. The number of ether oxygens (including phenoxy) is 1. The highest BCUT2D eigenvalue weighted by Crippen LogP contribution is 2.27. The predicted octanol–water partition coefficient (Wildman–Crippen LogP) is 0.246. The summed E-state index contributed by atoms with van der Waals surface area (Å²) in [4.78, 5) is 81.6. The van der Waals surface area contributed by atoms with Crippen LogP contribution in [0.25, 0.3) is 0 Å². The Kier molecular flexibility index (Phi) is 16.4. The van der Waals surface area contributed by atoms with Crippen LogP contribution in [0.15, 0.2) is 0 Å². The molecule has 0 aromatic heterocycles. The van der Waals surface area contributed by atoms with Gasteiger partial charge in [0.2, 0.25) is 29.5 Å². The van der Waals surface area contributed by atoms with Crippen molar-refractivity contribution in [3.05, 3.63) is 0 Å². The Bertz CT molecular complexity index is 1050. The van der Waals surface area contributed by atoms with Crippen LogP contribution in [-0.4, -0.2) is 102 Å². The molecule has 2 rings (SSSR count). The van der Waals surface area contributed by atoms with Crippen molar-refractivity contribution in [1.82, 2.24) is 26.2 Å². The molecular formula is C32H56N6O8. The molecule has 14 heteroatoms. The largest absolute Gasteiger partial charge is 0.460 e. The fourth-order valence-electron chi connectivity index (χ4n) is 6.20. The van der Waals surface area contributed by atoms with Crippen molar-refractivity contribution < 1.29 is 38.6 Å². The average molecular weight is 653 g/mol.